The molecule has 0 aliphatic carbocycles. The third-order valence-corrected chi connectivity index (χ3v) is 4.50. The van der Waals surface area contributed by atoms with Crippen LogP contribution in [-0.4, -0.2) is 5.78 Å². The van der Waals surface area contributed by atoms with Crippen molar-refractivity contribution in [2.45, 2.75) is 13.5 Å². The van der Waals surface area contributed by atoms with Gasteiger partial charge in [-0.15, -0.1) is 11.3 Å². The van der Waals surface area contributed by atoms with Crippen LogP contribution in [-0.2, 0) is 6.61 Å². The van der Waals surface area contributed by atoms with Crippen molar-refractivity contribution in [3.05, 3.63) is 43.0 Å². The summed E-state index contributed by atoms with van der Waals surface area (Å²) in [6.07, 6.45) is 0. The fourth-order valence-corrected chi connectivity index (χ4v) is 3.48. The monoisotopic (exact) mass is 403 g/mol. The molecule has 3 nitrogen and oxygen atoms in total. The molecule has 0 saturated heterocycles. The van der Waals surface area contributed by atoms with E-state index < -0.39 is 0 Å². The van der Waals surface area contributed by atoms with Gasteiger partial charge in [-0.25, -0.2) is 0 Å². The smallest absolute Gasteiger partial charge is 0.163 e. The fraction of sp³-hybridized carbons (Fsp3) is 0.154. The minimum atomic E-state index is -0.0737. The lowest BCUT2D eigenvalue weighted by molar-refractivity contribution is 0.101. The Morgan fingerprint density at radius 2 is 2.11 bits per heavy atom. The standard InChI is InChI=1S/C13H11Br2NO2S/c1-7(17)10-4-8(14)5-11(16)13(10)18-6-9-2-3-12(15)19-9/h2-5H,6,16H2,1H3. The Bertz CT molecular complexity index is 625. The quantitative estimate of drug-likeness (QED) is 0.596. The summed E-state index contributed by atoms with van der Waals surface area (Å²) in [5.74, 6) is 0.371. The van der Waals surface area contributed by atoms with E-state index in [1.165, 1.54) is 6.92 Å². The van der Waals surface area contributed by atoms with Crippen molar-refractivity contribution in [1.29, 1.82) is 0 Å². The summed E-state index contributed by atoms with van der Waals surface area (Å²) in [6, 6.07) is 7.38. The van der Waals surface area contributed by atoms with Gasteiger partial charge in [0.25, 0.3) is 0 Å². The van der Waals surface area contributed by atoms with Gasteiger partial charge in [-0.3, -0.25) is 4.79 Å². The summed E-state index contributed by atoms with van der Waals surface area (Å²) >= 11 is 8.31. The Labute approximate surface area is 132 Å². The zero-order chi connectivity index (χ0) is 14.0. The predicted octanol–water partition coefficient (Wildman–Crippen LogP) is 4.64. The number of carbonyl (C=O) groups excluding carboxylic acids is 1. The van der Waals surface area contributed by atoms with Gasteiger partial charge in [0, 0.05) is 9.35 Å². The molecule has 0 spiro atoms. The van der Waals surface area contributed by atoms with Gasteiger partial charge in [0.1, 0.15) is 6.61 Å². The average Bonchev–Trinajstić information content (AvgIpc) is 2.73. The molecule has 0 aliphatic rings. The largest absolute Gasteiger partial charge is 0.485 e. The Morgan fingerprint density at radius 3 is 2.68 bits per heavy atom. The molecule has 0 saturated carbocycles. The summed E-state index contributed by atoms with van der Waals surface area (Å²) in [5.41, 5.74) is 6.86. The van der Waals surface area contributed by atoms with Crippen LogP contribution in [0.25, 0.3) is 0 Å². The highest BCUT2D eigenvalue weighted by Crippen LogP contribution is 2.32. The van der Waals surface area contributed by atoms with Gasteiger partial charge in [0.2, 0.25) is 0 Å². The van der Waals surface area contributed by atoms with E-state index in [-0.39, 0.29) is 5.78 Å². The Kier molecular flexibility index (Phi) is 4.65. The van der Waals surface area contributed by atoms with Crippen LogP contribution in [0.4, 0.5) is 5.69 Å². The second kappa shape index (κ2) is 6.07. The van der Waals surface area contributed by atoms with Gasteiger partial charge in [-0.05, 0) is 47.1 Å². The van der Waals surface area contributed by atoms with Gasteiger partial charge in [-0.1, -0.05) is 15.9 Å². The second-order valence-corrected chi connectivity index (χ2v) is 7.39. The molecule has 0 aliphatic heterocycles. The first-order valence-corrected chi connectivity index (χ1v) is 7.84. The first kappa shape index (κ1) is 14.6. The normalized spacial score (nSPS) is 10.5. The third kappa shape index (κ3) is 3.58. The van der Waals surface area contributed by atoms with Gasteiger partial charge in [0.05, 0.1) is 15.0 Å². The first-order chi connectivity index (χ1) is 8.97. The maximum absolute atomic E-state index is 11.6. The average molecular weight is 405 g/mol. The molecule has 19 heavy (non-hydrogen) atoms. The van der Waals surface area contributed by atoms with E-state index in [0.717, 1.165) is 13.1 Å². The van der Waals surface area contributed by atoms with Crippen molar-refractivity contribution in [3.8, 4) is 5.75 Å². The molecule has 0 unspecified atom stereocenters. The molecule has 0 amide bonds. The Balaban J connectivity index is 2.26. The lowest BCUT2D eigenvalue weighted by atomic mass is 10.1. The number of carbonyl (C=O) groups is 1. The second-order valence-electron chi connectivity index (χ2n) is 3.92. The summed E-state index contributed by atoms with van der Waals surface area (Å²) in [5, 5.41) is 0. The van der Waals surface area contributed by atoms with Crippen molar-refractivity contribution in [3.63, 3.8) is 0 Å². The van der Waals surface area contributed by atoms with Crippen molar-refractivity contribution >= 4 is 54.7 Å². The van der Waals surface area contributed by atoms with Gasteiger partial charge in [-0.2, -0.15) is 0 Å². The predicted molar refractivity (Wildman–Crippen MR) is 84.9 cm³/mol. The van der Waals surface area contributed by atoms with Crippen LogP contribution in [0, 0.1) is 0 Å². The highest BCUT2D eigenvalue weighted by atomic mass is 79.9. The van der Waals surface area contributed by atoms with Crippen molar-refractivity contribution in [2.24, 2.45) is 0 Å². The number of benzene rings is 1. The van der Waals surface area contributed by atoms with Gasteiger partial charge < -0.3 is 10.5 Å². The van der Waals surface area contributed by atoms with Crippen molar-refractivity contribution in [1.82, 2.24) is 0 Å². The molecule has 0 bridgehead atoms. The lowest BCUT2D eigenvalue weighted by Crippen LogP contribution is -2.04. The van der Waals surface area contributed by atoms with E-state index in [2.05, 4.69) is 31.9 Å². The van der Waals surface area contributed by atoms with Gasteiger partial charge >= 0.3 is 0 Å². The van der Waals surface area contributed by atoms with Crippen LogP contribution in [0.15, 0.2) is 32.5 Å². The van der Waals surface area contributed by atoms with E-state index in [1.807, 2.05) is 12.1 Å². The lowest BCUT2D eigenvalue weighted by Gasteiger charge is -2.12. The van der Waals surface area contributed by atoms with Crippen molar-refractivity contribution < 1.29 is 9.53 Å². The molecular formula is C13H11Br2NO2S. The summed E-state index contributed by atoms with van der Waals surface area (Å²) in [7, 11) is 0. The molecule has 6 heteroatoms. The number of nitrogen functional groups attached to an aromatic ring is 1. The third-order valence-electron chi connectivity index (χ3n) is 2.45. The van der Waals surface area contributed by atoms with E-state index in [0.29, 0.717) is 23.6 Å². The summed E-state index contributed by atoms with van der Waals surface area (Å²) < 4.78 is 7.51. The van der Waals surface area contributed by atoms with E-state index in [4.69, 9.17) is 10.5 Å². The van der Waals surface area contributed by atoms with Crippen molar-refractivity contribution in [2.75, 3.05) is 5.73 Å². The summed E-state index contributed by atoms with van der Waals surface area (Å²) in [4.78, 5) is 12.7. The number of Topliss-reactive ketones (excluding diaryl/α,β-unsaturated/α-hetero) is 1. The number of halogens is 2. The number of ketones is 1. The van der Waals surface area contributed by atoms with Crippen LogP contribution in [0.2, 0.25) is 0 Å². The van der Waals surface area contributed by atoms with E-state index >= 15 is 0 Å². The molecular weight excluding hydrogens is 394 g/mol. The minimum absolute atomic E-state index is 0.0737. The van der Waals surface area contributed by atoms with Gasteiger partial charge in [0.15, 0.2) is 11.5 Å². The molecule has 1 aromatic carbocycles. The van der Waals surface area contributed by atoms with E-state index in [1.54, 1.807) is 23.5 Å². The first-order valence-electron chi connectivity index (χ1n) is 5.44. The van der Waals surface area contributed by atoms with Crippen LogP contribution in [0.1, 0.15) is 22.2 Å². The number of hydrogen-bond donors (Lipinski definition) is 1. The van der Waals surface area contributed by atoms with Crippen LogP contribution in [0.3, 0.4) is 0 Å². The Morgan fingerprint density at radius 1 is 1.37 bits per heavy atom. The summed E-state index contributed by atoms with van der Waals surface area (Å²) in [6.45, 7) is 1.89. The molecule has 0 atom stereocenters. The molecule has 2 aromatic rings. The number of anilines is 1. The fourth-order valence-electron chi connectivity index (χ4n) is 1.61. The highest BCUT2D eigenvalue weighted by molar-refractivity contribution is 9.11. The van der Waals surface area contributed by atoms with Crippen LogP contribution >= 0.6 is 43.2 Å². The minimum Gasteiger partial charge on any atom is -0.485 e. The maximum atomic E-state index is 11.6. The molecule has 1 heterocycles. The molecule has 2 N–H and O–H groups in total. The topological polar surface area (TPSA) is 52.3 Å². The number of ether oxygens (including phenoxy) is 1. The molecule has 2 rings (SSSR count). The van der Waals surface area contributed by atoms with E-state index in [9.17, 15) is 4.79 Å². The number of hydrogen-bond acceptors (Lipinski definition) is 4. The van der Waals surface area contributed by atoms with Crippen LogP contribution < -0.4 is 10.5 Å². The maximum Gasteiger partial charge on any atom is 0.163 e. The molecule has 0 radical (unpaired) electrons. The molecule has 0 fully saturated rings. The number of rotatable bonds is 4. The zero-order valence-corrected chi connectivity index (χ0v) is 14.1. The zero-order valence-electron chi connectivity index (χ0n) is 10.1. The Hall–Kier alpha value is -0.850. The molecule has 1 aromatic heterocycles. The van der Waals surface area contributed by atoms with Crippen LogP contribution in [0.5, 0.6) is 5.75 Å². The number of thiophene rings is 1. The highest BCUT2D eigenvalue weighted by Gasteiger charge is 2.14. The number of nitrogens with two attached hydrogens (primary N) is 1. The SMILES string of the molecule is CC(=O)c1cc(Br)cc(N)c1OCc1ccc(Br)s1. The molecule has 100 valence electrons.